The lowest BCUT2D eigenvalue weighted by atomic mass is 9.67. The van der Waals surface area contributed by atoms with Crippen LogP contribution < -0.4 is 0 Å². The minimum absolute atomic E-state index is 0.826. The van der Waals surface area contributed by atoms with Gasteiger partial charge in [-0.2, -0.15) is 0 Å². The highest BCUT2D eigenvalue weighted by atomic mass is 16.5. The Morgan fingerprint density at radius 1 is 1.18 bits per heavy atom. The van der Waals surface area contributed by atoms with Crippen LogP contribution in [-0.4, -0.2) is 13.2 Å². The van der Waals surface area contributed by atoms with Crippen LogP contribution in [0.15, 0.2) is 34.9 Å². The molecule has 1 fully saturated rings. The second kappa shape index (κ2) is 3.84. The number of allylic oxidation sites excluding steroid dienone is 3. The van der Waals surface area contributed by atoms with Crippen molar-refractivity contribution >= 4 is 0 Å². The Kier molecular flexibility index (Phi) is 2.29. The largest absolute Gasteiger partial charge is 0.373 e. The molecule has 1 saturated carbocycles. The fourth-order valence-electron chi connectivity index (χ4n) is 4.40. The molecule has 0 radical (unpaired) electrons. The molecule has 17 heavy (non-hydrogen) atoms. The standard InChI is InChI=1S/C16H20O/c1-2-11-4-7-15-14(13(11)3-1)6-5-12-8-9-17-10-16(12)15/h4,7-8,11,13-14H,1-3,5-6,9-10H2/t11-,13+,14-/m0/s1. The van der Waals surface area contributed by atoms with Gasteiger partial charge in [-0.05, 0) is 60.2 Å². The average molecular weight is 228 g/mol. The maximum atomic E-state index is 5.63. The van der Waals surface area contributed by atoms with Crippen molar-refractivity contribution in [1.29, 1.82) is 0 Å². The smallest absolute Gasteiger partial charge is 0.0726 e. The predicted molar refractivity (Wildman–Crippen MR) is 68.6 cm³/mol. The number of ether oxygens (including phenoxy) is 1. The predicted octanol–water partition coefficient (Wildman–Crippen LogP) is 3.64. The Morgan fingerprint density at radius 2 is 2.18 bits per heavy atom. The zero-order valence-corrected chi connectivity index (χ0v) is 10.3. The fraction of sp³-hybridized carbons (Fsp3) is 0.625. The van der Waals surface area contributed by atoms with E-state index in [4.69, 9.17) is 4.74 Å². The molecular weight excluding hydrogens is 208 g/mol. The van der Waals surface area contributed by atoms with Crippen molar-refractivity contribution in [3.8, 4) is 0 Å². The van der Waals surface area contributed by atoms with Gasteiger partial charge in [-0.15, -0.1) is 0 Å². The molecule has 0 aromatic heterocycles. The van der Waals surface area contributed by atoms with E-state index < -0.39 is 0 Å². The van der Waals surface area contributed by atoms with E-state index in [1.54, 1.807) is 11.1 Å². The third-order valence-electron chi connectivity index (χ3n) is 5.22. The molecule has 0 N–H and O–H groups in total. The average Bonchev–Trinajstić information content (AvgIpc) is 2.86. The summed E-state index contributed by atoms with van der Waals surface area (Å²) in [6.45, 7) is 1.69. The van der Waals surface area contributed by atoms with Crippen molar-refractivity contribution < 1.29 is 4.74 Å². The molecule has 0 aromatic carbocycles. The molecule has 1 aliphatic heterocycles. The van der Waals surface area contributed by atoms with Crippen molar-refractivity contribution in [3.63, 3.8) is 0 Å². The van der Waals surface area contributed by atoms with Crippen LogP contribution in [-0.2, 0) is 4.74 Å². The van der Waals surface area contributed by atoms with Crippen molar-refractivity contribution in [3.05, 3.63) is 34.9 Å². The topological polar surface area (TPSA) is 9.23 Å². The van der Waals surface area contributed by atoms with Gasteiger partial charge in [0.2, 0.25) is 0 Å². The molecule has 0 unspecified atom stereocenters. The van der Waals surface area contributed by atoms with Crippen molar-refractivity contribution in [2.24, 2.45) is 17.8 Å². The van der Waals surface area contributed by atoms with E-state index in [0.717, 1.165) is 31.0 Å². The van der Waals surface area contributed by atoms with E-state index in [9.17, 15) is 0 Å². The first kappa shape index (κ1) is 10.1. The minimum atomic E-state index is 0.826. The minimum Gasteiger partial charge on any atom is -0.373 e. The van der Waals surface area contributed by atoms with E-state index in [1.165, 1.54) is 37.7 Å². The van der Waals surface area contributed by atoms with E-state index in [0.29, 0.717) is 0 Å². The summed E-state index contributed by atoms with van der Waals surface area (Å²) >= 11 is 0. The normalized spacial score (nSPS) is 39.5. The van der Waals surface area contributed by atoms with Gasteiger partial charge in [-0.3, -0.25) is 0 Å². The molecule has 0 saturated heterocycles. The van der Waals surface area contributed by atoms with Gasteiger partial charge in [0, 0.05) is 0 Å². The number of fused-ring (bicyclic) bond motifs is 4. The van der Waals surface area contributed by atoms with Crippen LogP contribution >= 0.6 is 0 Å². The van der Waals surface area contributed by atoms with Gasteiger partial charge in [0.25, 0.3) is 0 Å². The van der Waals surface area contributed by atoms with E-state index >= 15 is 0 Å². The van der Waals surface area contributed by atoms with Gasteiger partial charge >= 0.3 is 0 Å². The molecule has 0 aromatic rings. The van der Waals surface area contributed by atoms with Crippen LogP contribution in [0, 0.1) is 17.8 Å². The Morgan fingerprint density at radius 3 is 3.18 bits per heavy atom. The highest BCUT2D eigenvalue weighted by Crippen LogP contribution is 2.50. The Hall–Kier alpha value is -0.820. The highest BCUT2D eigenvalue weighted by Gasteiger charge is 2.39. The Labute approximate surface area is 103 Å². The van der Waals surface area contributed by atoms with E-state index in [-0.39, 0.29) is 0 Å². The van der Waals surface area contributed by atoms with Gasteiger partial charge in [0.15, 0.2) is 0 Å². The van der Waals surface area contributed by atoms with Gasteiger partial charge < -0.3 is 4.74 Å². The Balaban J connectivity index is 1.80. The molecule has 4 rings (SSSR count). The SMILES string of the molecule is C1=C[C@@H]2CCC[C@H]2[C@@H]2CCC3=CCOCC3=C12. The summed E-state index contributed by atoms with van der Waals surface area (Å²) in [5, 5.41) is 0. The second-order valence-corrected chi connectivity index (χ2v) is 5.94. The second-order valence-electron chi connectivity index (χ2n) is 5.94. The summed E-state index contributed by atoms with van der Waals surface area (Å²) in [7, 11) is 0. The molecule has 90 valence electrons. The third kappa shape index (κ3) is 1.48. The van der Waals surface area contributed by atoms with Gasteiger partial charge in [0.1, 0.15) is 0 Å². The van der Waals surface area contributed by atoms with Crippen molar-refractivity contribution in [2.45, 2.75) is 32.1 Å². The van der Waals surface area contributed by atoms with Crippen LogP contribution in [0.1, 0.15) is 32.1 Å². The van der Waals surface area contributed by atoms with E-state index in [1.807, 2.05) is 0 Å². The molecule has 3 aliphatic carbocycles. The highest BCUT2D eigenvalue weighted by molar-refractivity contribution is 5.47. The van der Waals surface area contributed by atoms with Crippen LogP contribution in [0.5, 0.6) is 0 Å². The van der Waals surface area contributed by atoms with Crippen molar-refractivity contribution in [2.75, 3.05) is 13.2 Å². The van der Waals surface area contributed by atoms with Crippen LogP contribution in [0.3, 0.4) is 0 Å². The zero-order chi connectivity index (χ0) is 11.2. The van der Waals surface area contributed by atoms with Crippen LogP contribution in [0.4, 0.5) is 0 Å². The van der Waals surface area contributed by atoms with E-state index in [2.05, 4.69) is 18.2 Å². The molecule has 1 heteroatoms. The molecule has 3 atom stereocenters. The monoisotopic (exact) mass is 228 g/mol. The lowest BCUT2D eigenvalue weighted by Gasteiger charge is -2.39. The lowest BCUT2D eigenvalue weighted by molar-refractivity contribution is 0.173. The van der Waals surface area contributed by atoms with Gasteiger partial charge in [-0.25, -0.2) is 0 Å². The molecule has 0 bridgehead atoms. The van der Waals surface area contributed by atoms with Gasteiger partial charge in [-0.1, -0.05) is 24.6 Å². The molecular formula is C16H20O. The maximum Gasteiger partial charge on any atom is 0.0726 e. The lowest BCUT2D eigenvalue weighted by Crippen LogP contribution is -2.29. The summed E-state index contributed by atoms with van der Waals surface area (Å²) in [5.41, 5.74) is 4.75. The number of rotatable bonds is 0. The first-order valence-corrected chi connectivity index (χ1v) is 7.12. The zero-order valence-electron chi connectivity index (χ0n) is 10.3. The first-order valence-electron chi connectivity index (χ1n) is 7.12. The van der Waals surface area contributed by atoms with Crippen LogP contribution in [0.2, 0.25) is 0 Å². The van der Waals surface area contributed by atoms with Crippen molar-refractivity contribution in [1.82, 2.24) is 0 Å². The summed E-state index contributed by atoms with van der Waals surface area (Å²) < 4.78 is 5.63. The fourth-order valence-corrected chi connectivity index (χ4v) is 4.40. The number of hydrogen-bond acceptors (Lipinski definition) is 1. The number of hydrogen-bond donors (Lipinski definition) is 0. The molecule has 0 spiro atoms. The quantitative estimate of drug-likeness (QED) is 0.615. The molecule has 0 amide bonds. The maximum absolute atomic E-state index is 5.63. The summed E-state index contributed by atoms with van der Waals surface area (Å²) in [6.07, 6.45) is 14.2. The summed E-state index contributed by atoms with van der Waals surface area (Å²) in [5.74, 6) is 2.69. The molecule has 1 nitrogen and oxygen atoms in total. The van der Waals surface area contributed by atoms with Gasteiger partial charge in [0.05, 0.1) is 13.2 Å². The molecule has 1 heterocycles. The third-order valence-corrected chi connectivity index (χ3v) is 5.22. The van der Waals surface area contributed by atoms with Crippen LogP contribution in [0.25, 0.3) is 0 Å². The Bertz CT molecular complexity index is 427. The first-order chi connectivity index (χ1) is 8.43. The molecule has 4 aliphatic rings. The summed E-state index contributed by atoms with van der Waals surface area (Å²) in [4.78, 5) is 0. The summed E-state index contributed by atoms with van der Waals surface area (Å²) in [6, 6.07) is 0.